The Kier molecular flexibility index (Phi) is 12.8. The van der Waals surface area contributed by atoms with Crippen molar-refractivity contribution < 1.29 is 50.1 Å². The zero-order valence-corrected chi connectivity index (χ0v) is 15.1. The van der Waals surface area contributed by atoms with Gasteiger partial charge in [0.25, 0.3) is 0 Å². The fraction of sp³-hybridized carbons (Fsp3) is 0.800. The summed E-state index contributed by atoms with van der Waals surface area (Å²) in [6, 6.07) is 0. The molecular weight excluding hydrogens is 354 g/mol. The van der Waals surface area contributed by atoms with Crippen molar-refractivity contribution in [2.24, 2.45) is 0 Å². The molecule has 154 valence electrons. The summed E-state index contributed by atoms with van der Waals surface area (Å²) in [6.07, 6.45) is -3.59. The van der Waals surface area contributed by atoms with Crippen LogP contribution >= 0.6 is 0 Å². The topological polar surface area (TPSA) is 196 Å². The van der Waals surface area contributed by atoms with Gasteiger partial charge in [-0.25, -0.2) is 4.79 Å². The number of nitrogens with zero attached hydrogens (tertiary/aromatic N) is 1. The van der Waals surface area contributed by atoms with Crippen LogP contribution in [0.4, 0.5) is 0 Å². The Balaban J connectivity index is 0. The monoisotopic (exact) mass is 383 g/mol. The van der Waals surface area contributed by atoms with Gasteiger partial charge in [-0.15, -0.1) is 0 Å². The molecule has 0 aromatic heterocycles. The standard InChI is InChI=1S/C9H21NO3.C6H8O7/c1-7(11)4-10(5-8(2)12)6-9(3)13;7-3(8)1-6(13,5(11)12)2-4(9)10/h7-9,11-13H,4-6H2,1-3H3;13H,1-2H2,(H,7,8)(H,9,10)(H,11,12). The van der Waals surface area contributed by atoms with Gasteiger partial charge in [-0.1, -0.05) is 0 Å². The molecule has 0 aliphatic heterocycles. The molecule has 26 heavy (non-hydrogen) atoms. The van der Waals surface area contributed by atoms with Crippen LogP contribution in [-0.2, 0) is 14.4 Å². The van der Waals surface area contributed by atoms with E-state index in [1.54, 1.807) is 20.8 Å². The molecule has 0 amide bonds. The van der Waals surface area contributed by atoms with Gasteiger partial charge in [0.05, 0.1) is 31.2 Å². The van der Waals surface area contributed by atoms with Gasteiger partial charge in [-0.2, -0.15) is 0 Å². The quantitative estimate of drug-likeness (QED) is 0.212. The number of rotatable bonds is 11. The van der Waals surface area contributed by atoms with E-state index in [0.29, 0.717) is 19.6 Å². The van der Waals surface area contributed by atoms with E-state index in [9.17, 15) is 14.4 Å². The number of hydrogen-bond donors (Lipinski definition) is 7. The van der Waals surface area contributed by atoms with Gasteiger partial charge in [0, 0.05) is 19.6 Å². The van der Waals surface area contributed by atoms with E-state index in [1.165, 1.54) is 0 Å². The first-order chi connectivity index (χ1) is 11.7. The molecule has 0 aliphatic rings. The Bertz CT molecular complexity index is 410. The summed E-state index contributed by atoms with van der Waals surface area (Å²) >= 11 is 0. The molecule has 0 radical (unpaired) electrons. The smallest absolute Gasteiger partial charge is 0.336 e. The number of hydrogen-bond acceptors (Lipinski definition) is 8. The fourth-order valence-electron chi connectivity index (χ4n) is 2.06. The van der Waals surface area contributed by atoms with E-state index >= 15 is 0 Å². The molecular formula is C15H29NO10. The molecule has 3 unspecified atom stereocenters. The van der Waals surface area contributed by atoms with Gasteiger partial charge in [-0.3, -0.25) is 14.5 Å². The van der Waals surface area contributed by atoms with Crippen molar-refractivity contribution in [3.63, 3.8) is 0 Å². The summed E-state index contributed by atoms with van der Waals surface area (Å²) in [6.45, 7) is 6.52. The van der Waals surface area contributed by atoms with Crippen molar-refractivity contribution in [2.45, 2.75) is 57.5 Å². The van der Waals surface area contributed by atoms with Crippen molar-refractivity contribution in [2.75, 3.05) is 19.6 Å². The van der Waals surface area contributed by atoms with Gasteiger partial charge in [0.1, 0.15) is 0 Å². The molecule has 0 spiro atoms. The fourth-order valence-corrected chi connectivity index (χ4v) is 2.06. The second kappa shape index (κ2) is 12.5. The van der Waals surface area contributed by atoms with E-state index in [-0.39, 0.29) is 0 Å². The highest BCUT2D eigenvalue weighted by molar-refractivity contribution is 5.88. The van der Waals surface area contributed by atoms with Gasteiger partial charge in [0.2, 0.25) is 0 Å². The second-order valence-electron chi connectivity index (χ2n) is 6.24. The summed E-state index contributed by atoms with van der Waals surface area (Å²) in [5, 5.41) is 61.2. The Labute approximate surface area is 151 Å². The molecule has 11 heteroatoms. The predicted octanol–water partition coefficient (Wildman–Crippen LogP) is -1.82. The summed E-state index contributed by atoms with van der Waals surface area (Å²) < 4.78 is 0. The number of carbonyl (C=O) groups is 3. The van der Waals surface area contributed by atoms with Crippen LogP contribution in [0.2, 0.25) is 0 Å². The maximum Gasteiger partial charge on any atom is 0.336 e. The first-order valence-electron chi connectivity index (χ1n) is 7.85. The second-order valence-corrected chi connectivity index (χ2v) is 6.24. The maximum atomic E-state index is 10.3. The normalized spacial score (nSPS) is 14.8. The van der Waals surface area contributed by atoms with Crippen LogP contribution in [-0.4, -0.2) is 102 Å². The van der Waals surface area contributed by atoms with Crippen LogP contribution in [0, 0.1) is 0 Å². The minimum Gasteiger partial charge on any atom is -0.481 e. The third kappa shape index (κ3) is 14.5. The third-order valence-electron chi connectivity index (χ3n) is 2.85. The summed E-state index contributed by atoms with van der Waals surface area (Å²) in [5.74, 6) is -5.02. The molecule has 0 saturated heterocycles. The average Bonchev–Trinajstić information content (AvgIpc) is 2.34. The van der Waals surface area contributed by atoms with Crippen molar-refractivity contribution >= 4 is 17.9 Å². The minimum absolute atomic E-state index is 0.433. The Hall–Kier alpha value is -1.79. The van der Waals surface area contributed by atoms with E-state index in [0.717, 1.165) is 0 Å². The van der Waals surface area contributed by atoms with Gasteiger partial charge in [0.15, 0.2) is 5.60 Å². The average molecular weight is 383 g/mol. The lowest BCUT2D eigenvalue weighted by molar-refractivity contribution is -0.170. The molecule has 0 saturated carbocycles. The SMILES string of the molecule is CC(O)CN(CC(C)O)CC(C)O.O=C(O)CC(O)(CC(=O)O)C(=O)O. The Morgan fingerprint density at radius 3 is 1.19 bits per heavy atom. The Morgan fingerprint density at radius 2 is 1.04 bits per heavy atom. The predicted molar refractivity (Wildman–Crippen MR) is 88.6 cm³/mol. The highest BCUT2D eigenvalue weighted by atomic mass is 16.4. The maximum absolute atomic E-state index is 10.3. The summed E-state index contributed by atoms with van der Waals surface area (Å²) in [4.78, 5) is 32.3. The van der Waals surface area contributed by atoms with E-state index < -0.39 is 54.7 Å². The summed E-state index contributed by atoms with van der Waals surface area (Å²) in [7, 11) is 0. The molecule has 3 atom stereocenters. The lowest BCUT2D eigenvalue weighted by Gasteiger charge is -2.25. The van der Waals surface area contributed by atoms with Crippen molar-refractivity contribution in [3.05, 3.63) is 0 Å². The van der Waals surface area contributed by atoms with Crippen molar-refractivity contribution in [1.82, 2.24) is 4.90 Å². The number of carboxylic acids is 3. The summed E-state index contributed by atoms with van der Waals surface area (Å²) in [5.41, 5.74) is -2.74. The lowest BCUT2D eigenvalue weighted by atomic mass is 9.96. The number of aliphatic carboxylic acids is 3. The molecule has 11 nitrogen and oxygen atoms in total. The van der Waals surface area contributed by atoms with Crippen molar-refractivity contribution in [3.8, 4) is 0 Å². The highest BCUT2D eigenvalue weighted by Crippen LogP contribution is 2.15. The first-order valence-corrected chi connectivity index (χ1v) is 7.85. The molecule has 0 fully saturated rings. The van der Waals surface area contributed by atoms with Crippen LogP contribution in [0.5, 0.6) is 0 Å². The van der Waals surface area contributed by atoms with Crippen LogP contribution in [0.15, 0.2) is 0 Å². The number of aliphatic hydroxyl groups is 4. The highest BCUT2D eigenvalue weighted by Gasteiger charge is 2.40. The van der Waals surface area contributed by atoms with E-state index in [1.807, 2.05) is 4.90 Å². The van der Waals surface area contributed by atoms with Gasteiger partial charge < -0.3 is 35.7 Å². The van der Waals surface area contributed by atoms with Crippen LogP contribution in [0.25, 0.3) is 0 Å². The molecule has 0 aliphatic carbocycles. The zero-order chi connectivity index (χ0) is 21.1. The molecule has 7 N–H and O–H groups in total. The van der Waals surface area contributed by atoms with Crippen molar-refractivity contribution in [1.29, 1.82) is 0 Å². The molecule has 0 aromatic rings. The third-order valence-corrected chi connectivity index (χ3v) is 2.85. The number of aliphatic hydroxyl groups excluding tert-OH is 3. The molecule has 0 rings (SSSR count). The van der Waals surface area contributed by atoms with Gasteiger partial charge in [-0.05, 0) is 20.8 Å². The number of carboxylic acid groups (broad SMARTS) is 3. The largest absolute Gasteiger partial charge is 0.481 e. The molecule has 0 heterocycles. The Morgan fingerprint density at radius 1 is 0.769 bits per heavy atom. The van der Waals surface area contributed by atoms with Crippen LogP contribution in [0.3, 0.4) is 0 Å². The molecule has 0 bridgehead atoms. The van der Waals surface area contributed by atoms with E-state index in [4.69, 9.17) is 35.7 Å². The van der Waals surface area contributed by atoms with E-state index in [2.05, 4.69) is 0 Å². The first kappa shape index (κ1) is 26.4. The van der Waals surface area contributed by atoms with Crippen LogP contribution in [0.1, 0.15) is 33.6 Å². The molecule has 0 aromatic carbocycles. The van der Waals surface area contributed by atoms with Gasteiger partial charge >= 0.3 is 17.9 Å². The minimum atomic E-state index is -2.74. The van der Waals surface area contributed by atoms with Crippen LogP contribution < -0.4 is 0 Å². The zero-order valence-electron chi connectivity index (χ0n) is 15.1. The lowest BCUT2D eigenvalue weighted by Crippen LogP contribution is -2.42.